The van der Waals surface area contributed by atoms with Gasteiger partial charge in [-0.25, -0.2) is 8.78 Å². The molecule has 1 aliphatic rings. The zero-order valence-electron chi connectivity index (χ0n) is 22.5. The van der Waals surface area contributed by atoms with Crippen LogP contribution in [0.2, 0.25) is 0 Å². The number of aryl methyl sites for hydroxylation is 3. The van der Waals surface area contributed by atoms with Gasteiger partial charge < -0.3 is 25.2 Å². The van der Waals surface area contributed by atoms with Gasteiger partial charge in [0.25, 0.3) is 17.7 Å². The van der Waals surface area contributed by atoms with Gasteiger partial charge in [0.05, 0.1) is 18.3 Å². The SMILES string of the molecule is Cc1ccccc1CNC(=O)[C@@H]1CC(F)(F)CN1C(=O)[C@@H](O)[C@H](Cc1ccccc1)NC(=O)c1c(C)noc1C. The molecule has 0 unspecified atom stereocenters. The zero-order chi connectivity index (χ0) is 29.0. The fraction of sp³-hybridized carbons (Fsp3) is 0.379. The van der Waals surface area contributed by atoms with Gasteiger partial charge >= 0.3 is 0 Å². The largest absolute Gasteiger partial charge is 0.381 e. The molecule has 3 N–H and O–H groups in total. The number of alkyl halides is 2. The Hall–Kier alpha value is -4.12. The molecule has 0 spiro atoms. The number of nitrogens with one attached hydrogen (secondary N) is 2. The fourth-order valence-electron chi connectivity index (χ4n) is 4.89. The van der Waals surface area contributed by atoms with E-state index < -0.39 is 54.8 Å². The molecule has 11 heteroatoms. The van der Waals surface area contributed by atoms with Crippen LogP contribution in [0.1, 0.15) is 44.9 Å². The highest BCUT2D eigenvalue weighted by molar-refractivity contribution is 5.97. The van der Waals surface area contributed by atoms with Crippen molar-refractivity contribution < 1.29 is 32.8 Å². The number of aromatic nitrogens is 1. The molecule has 9 nitrogen and oxygen atoms in total. The second-order valence-electron chi connectivity index (χ2n) is 10.1. The van der Waals surface area contributed by atoms with Gasteiger partial charge in [-0.2, -0.15) is 0 Å². The smallest absolute Gasteiger partial charge is 0.267 e. The van der Waals surface area contributed by atoms with Gasteiger partial charge in [0, 0.05) is 13.0 Å². The van der Waals surface area contributed by atoms with Crippen molar-refractivity contribution in [3.05, 3.63) is 88.3 Å². The molecule has 4 rings (SSSR count). The van der Waals surface area contributed by atoms with E-state index in [1.165, 1.54) is 0 Å². The molecule has 0 aliphatic carbocycles. The highest BCUT2D eigenvalue weighted by atomic mass is 19.3. The van der Waals surface area contributed by atoms with Crippen LogP contribution in [-0.4, -0.2) is 63.5 Å². The summed E-state index contributed by atoms with van der Waals surface area (Å²) in [5.74, 6) is -5.54. The lowest BCUT2D eigenvalue weighted by atomic mass is 9.99. The summed E-state index contributed by atoms with van der Waals surface area (Å²) in [7, 11) is 0. The Morgan fingerprint density at radius 3 is 2.42 bits per heavy atom. The number of hydrogen-bond donors (Lipinski definition) is 3. The number of amides is 3. The third kappa shape index (κ3) is 6.53. The van der Waals surface area contributed by atoms with E-state index in [0.717, 1.165) is 11.1 Å². The lowest BCUT2D eigenvalue weighted by Gasteiger charge is -2.30. The normalized spacial score (nSPS) is 17.8. The molecule has 0 saturated carbocycles. The second kappa shape index (κ2) is 12.0. The van der Waals surface area contributed by atoms with E-state index in [-0.39, 0.29) is 24.3 Å². The molecular weight excluding hydrogens is 522 g/mol. The van der Waals surface area contributed by atoms with Gasteiger partial charge in [-0.3, -0.25) is 14.4 Å². The highest BCUT2D eigenvalue weighted by Crippen LogP contribution is 2.33. The molecule has 1 aliphatic heterocycles. The number of hydrogen-bond acceptors (Lipinski definition) is 6. The first-order valence-electron chi connectivity index (χ1n) is 12.9. The number of likely N-dealkylation sites (tertiary alicyclic amines) is 1. The Morgan fingerprint density at radius 1 is 1.10 bits per heavy atom. The van der Waals surface area contributed by atoms with E-state index in [1.807, 2.05) is 19.1 Å². The van der Waals surface area contributed by atoms with Crippen LogP contribution in [0.4, 0.5) is 8.78 Å². The number of benzene rings is 2. The molecule has 40 heavy (non-hydrogen) atoms. The van der Waals surface area contributed by atoms with Crippen LogP contribution < -0.4 is 10.6 Å². The lowest BCUT2D eigenvalue weighted by molar-refractivity contribution is -0.147. The summed E-state index contributed by atoms with van der Waals surface area (Å²) in [4.78, 5) is 40.3. The molecule has 3 amide bonds. The van der Waals surface area contributed by atoms with Crippen molar-refractivity contribution in [2.75, 3.05) is 6.54 Å². The number of rotatable bonds is 9. The summed E-state index contributed by atoms with van der Waals surface area (Å²) >= 11 is 0. The van der Waals surface area contributed by atoms with Crippen LogP contribution in [0.25, 0.3) is 0 Å². The van der Waals surface area contributed by atoms with E-state index in [4.69, 9.17) is 4.52 Å². The van der Waals surface area contributed by atoms with Crippen LogP contribution >= 0.6 is 0 Å². The Balaban J connectivity index is 1.55. The fourth-order valence-corrected chi connectivity index (χ4v) is 4.89. The Morgan fingerprint density at radius 2 is 1.77 bits per heavy atom. The first-order chi connectivity index (χ1) is 19.0. The summed E-state index contributed by atoms with van der Waals surface area (Å²) in [5.41, 5.74) is 2.89. The number of aliphatic hydroxyl groups is 1. The van der Waals surface area contributed by atoms with E-state index in [2.05, 4.69) is 15.8 Å². The average molecular weight is 555 g/mol. The molecular formula is C29H32F2N4O5. The van der Waals surface area contributed by atoms with Crippen LogP contribution in [0, 0.1) is 20.8 Å². The van der Waals surface area contributed by atoms with E-state index >= 15 is 0 Å². The molecule has 3 aromatic rings. The maximum Gasteiger partial charge on any atom is 0.267 e. The highest BCUT2D eigenvalue weighted by Gasteiger charge is 2.51. The predicted octanol–water partition coefficient (Wildman–Crippen LogP) is 2.85. The number of aliphatic hydroxyl groups excluding tert-OH is 1. The van der Waals surface area contributed by atoms with Gasteiger partial charge in [-0.05, 0) is 43.9 Å². The van der Waals surface area contributed by atoms with Crippen molar-refractivity contribution in [1.82, 2.24) is 20.7 Å². The Labute approximate surface area is 230 Å². The van der Waals surface area contributed by atoms with Gasteiger partial charge in [0.2, 0.25) is 5.91 Å². The van der Waals surface area contributed by atoms with Crippen LogP contribution in [0.5, 0.6) is 0 Å². The van der Waals surface area contributed by atoms with Gasteiger partial charge in [-0.1, -0.05) is 59.8 Å². The molecule has 1 saturated heterocycles. The maximum atomic E-state index is 14.5. The monoisotopic (exact) mass is 554 g/mol. The topological polar surface area (TPSA) is 125 Å². The maximum absolute atomic E-state index is 14.5. The summed E-state index contributed by atoms with van der Waals surface area (Å²) in [6, 6.07) is 13.4. The third-order valence-corrected chi connectivity index (χ3v) is 7.08. The van der Waals surface area contributed by atoms with Crippen molar-refractivity contribution in [3.8, 4) is 0 Å². The first kappa shape index (κ1) is 28.9. The van der Waals surface area contributed by atoms with Crippen molar-refractivity contribution in [2.45, 2.75) is 64.3 Å². The molecule has 2 aromatic carbocycles. The van der Waals surface area contributed by atoms with Crippen molar-refractivity contribution in [2.24, 2.45) is 0 Å². The van der Waals surface area contributed by atoms with Gasteiger partial charge in [-0.15, -0.1) is 0 Å². The average Bonchev–Trinajstić information content (AvgIpc) is 3.44. The minimum Gasteiger partial charge on any atom is -0.381 e. The number of nitrogens with zero attached hydrogens (tertiary/aromatic N) is 2. The van der Waals surface area contributed by atoms with E-state index in [1.54, 1.807) is 56.3 Å². The first-order valence-corrected chi connectivity index (χ1v) is 12.9. The lowest BCUT2D eigenvalue weighted by Crippen LogP contribution is -2.56. The molecule has 3 atom stereocenters. The third-order valence-electron chi connectivity index (χ3n) is 7.08. The molecule has 1 aromatic heterocycles. The quantitative estimate of drug-likeness (QED) is 0.374. The number of carbonyl (C=O) groups excluding carboxylic acids is 3. The van der Waals surface area contributed by atoms with Gasteiger partial charge in [0.1, 0.15) is 17.4 Å². The van der Waals surface area contributed by atoms with Crippen molar-refractivity contribution in [3.63, 3.8) is 0 Å². The van der Waals surface area contributed by atoms with Crippen LogP contribution in [0.3, 0.4) is 0 Å². The Kier molecular flexibility index (Phi) is 8.63. The van der Waals surface area contributed by atoms with Crippen molar-refractivity contribution in [1.29, 1.82) is 0 Å². The van der Waals surface area contributed by atoms with Gasteiger partial charge in [0.15, 0.2) is 6.10 Å². The van der Waals surface area contributed by atoms with Crippen molar-refractivity contribution >= 4 is 17.7 Å². The summed E-state index contributed by atoms with van der Waals surface area (Å²) in [5, 5.41) is 20.2. The standard InChI is InChI=1S/C29H32F2N4O5/c1-17-9-7-8-12-21(17)15-32-26(37)23-14-29(30,31)16-35(23)28(39)25(36)22(13-20-10-5-4-6-11-20)33-27(38)24-18(2)34-40-19(24)3/h4-12,22-23,25,36H,13-16H2,1-3H3,(H,32,37)(H,33,38)/t22-,23-,25-/m0/s1. The summed E-state index contributed by atoms with van der Waals surface area (Å²) in [6.07, 6.45) is -2.76. The molecule has 1 fully saturated rings. The zero-order valence-corrected chi connectivity index (χ0v) is 22.5. The number of carbonyl (C=O) groups is 3. The van der Waals surface area contributed by atoms with Crippen LogP contribution in [-0.2, 0) is 22.6 Å². The second-order valence-corrected chi connectivity index (χ2v) is 10.1. The molecule has 212 valence electrons. The molecule has 0 bridgehead atoms. The van der Waals surface area contributed by atoms with Crippen LogP contribution in [0.15, 0.2) is 59.1 Å². The predicted molar refractivity (Wildman–Crippen MR) is 141 cm³/mol. The minimum absolute atomic E-state index is 0.0250. The Bertz CT molecular complexity index is 1360. The van der Waals surface area contributed by atoms with E-state index in [0.29, 0.717) is 16.2 Å². The summed E-state index contributed by atoms with van der Waals surface area (Å²) in [6.45, 7) is 4.06. The summed E-state index contributed by atoms with van der Waals surface area (Å²) < 4.78 is 34.1. The number of halogens is 2. The molecule has 2 heterocycles. The van der Waals surface area contributed by atoms with E-state index in [9.17, 15) is 28.3 Å². The minimum atomic E-state index is -3.32. The molecule has 0 radical (unpaired) electrons.